The van der Waals surface area contributed by atoms with E-state index < -0.39 is 0 Å². The van der Waals surface area contributed by atoms with Crippen molar-refractivity contribution in [1.82, 2.24) is 0 Å². The Kier molecular flexibility index (Phi) is 3.73. The molecule has 2 rings (SSSR count). The first-order valence-electron chi connectivity index (χ1n) is 5.31. The Hall–Kier alpha value is -1.86. The van der Waals surface area contributed by atoms with Crippen LogP contribution < -0.4 is 0 Å². The van der Waals surface area contributed by atoms with Crippen molar-refractivity contribution in [2.24, 2.45) is 0 Å². The topological polar surface area (TPSA) is 21.4 Å². The summed E-state index contributed by atoms with van der Waals surface area (Å²) in [6.45, 7) is 0. The lowest BCUT2D eigenvalue weighted by Crippen LogP contribution is -1.94. The van der Waals surface area contributed by atoms with Gasteiger partial charge in [0.1, 0.15) is 0 Å². The average Bonchev–Trinajstić information content (AvgIpc) is 2.39. The van der Waals surface area contributed by atoms with Crippen molar-refractivity contribution >= 4 is 23.5 Å². The van der Waals surface area contributed by atoms with Crippen molar-refractivity contribution in [3.8, 4) is 0 Å². The van der Waals surface area contributed by atoms with E-state index in [1.807, 2.05) is 60.7 Å². The molecule has 0 bridgehead atoms. The highest BCUT2D eigenvalue weighted by molar-refractivity contribution is 6.30. The van der Waals surface area contributed by atoms with Crippen molar-refractivity contribution in [3.05, 3.63) is 76.8 Å². The second kappa shape index (κ2) is 5.46. The van der Waals surface area contributed by atoms with Crippen LogP contribution in [-0.4, -0.2) is 10.6 Å². The zero-order valence-electron chi connectivity index (χ0n) is 9.18. The van der Waals surface area contributed by atoms with E-state index >= 15 is 0 Å². The maximum Gasteiger partial charge on any atom is 0.347 e. The fraction of sp³-hybridized carbons (Fsp3) is 0. The van der Waals surface area contributed by atoms with E-state index in [0.29, 0.717) is 5.02 Å². The van der Waals surface area contributed by atoms with Gasteiger partial charge in [0.05, 0.1) is 5.56 Å². The highest BCUT2D eigenvalue weighted by atomic mass is 35.5. The molecule has 0 fully saturated rings. The predicted molar refractivity (Wildman–Crippen MR) is 73.0 cm³/mol. The molecule has 0 aliphatic rings. The molecule has 0 aromatic heterocycles. The van der Waals surface area contributed by atoms with Crippen LogP contribution in [0.3, 0.4) is 0 Å². The van der Waals surface area contributed by atoms with Gasteiger partial charge >= 0.3 is 5.78 Å². The number of hydrogen-bond acceptors (Lipinski definition) is 0. The van der Waals surface area contributed by atoms with Gasteiger partial charge in [-0.05, 0) is 35.9 Å². The quantitative estimate of drug-likeness (QED) is 0.442. The van der Waals surface area contributed by atoms with Gasteiger partial charge < -0.3 is 0 Å². The normalized spacial score (nSPS) is 10.6. The van der Waals surface area contributed by atoms with Crippen LogP contribution in [0.4, 0.5) is 0 Å². The molecule has 0 aliphatic carbocycles. The molecular weight excluding hydrogens is 232 g/mol. The Balaban J connectivity index is 2.11. The Morgan fingerprint density at radius 2 is 1.59 bits per heavy atom. The molecule has 0 amide bonds. The summed E-state index contributed by atoms with van der Waals surface area (Å²) >= 11 is 5.79. The minimum Gasteiger partial charge on any atom is -0.273 e. The fourth-order valence-corrected chi connectivity index (χ4v) is 1.58. The van der Waals surface area contributed by atoms with Gasteiger partial charge in [-0.2, -0.15) is 0 Å². The molecule has 1 nitrogen and oxygen atoms in total. The molecule has 17 heavy (non-hydrogen) atoms. The standard InChI is InChI=1S/C15H11ClO/c16-14-9-6-12(7-10-14)8-11-15(17)13-4-2-1-3-5-13/h1-11H/p+1/b11-8+. The first-order chi connectivity index (χ1) is 8.25. The monoisotopic (exact) mass is 243 g/mol. The number of rotatable bonds is 3. The Labute approximate surface area is 105 Å². The van der Waals surface area contributed by atoms with Crippen LogP contribution in [0, 0.1) is 0 Å². The summed E-state index contributed by atoms with van der Waals surface area (Å²) in [5.41, 5.74) is 1.80. The van der Waals surface area contributed by atoms with Crippen molar-refractivity contribution < 1.29 is 4.79 Å². The molecule has 2 aromatic carbocycles. The van der Waals surface area contributed by atoms with E-state index in [2.05, 4.69) is 0 Å². The Bertz CT molecular complexity index is 527. The fourth-order valence-electron chi connectivity index (χ4n) is 1.45. The summed E-state index contributed by atoms with van der Waals surface area (Å²) in [6, 6.07) is 16.9. The molecule has 84 valence electrons. The van der Waals surface area contributed by atoms with Crippen LogP contribution >= 0.6 is 11.6 Å². The summed E-state index contributed by atoms with van der Waals surface area (Å²) < 4.78 is 0. The first kappa shape index (κ1) is 11.6. The summed E-state index contributed by atoms with van der Waals surface area (Å²) in [4.78, 5) is 9.84. The van der Waals surface area contributed by atoms with E-state index in [1.54, 1.807) is 6.08 Å². The smallest absolute Gasteiger partial charge is 0.273 e. The largest absolute Gasteiger partial charge is 0.347 e. The van der Waals surface area contributed by atoms with E-state index in [0.717, 1.165) is 11.1 Å². The average molecular weight is 244 g/mol. The highest BCUT2D eigenvalue weighted by Gasteiger charge is 2.05. The van der Waals surface area contributed by atoms with Crippen LogP contribution in [0.15, 0.2) is 60.7 Å². The summed E-state index contributed by atoms with van der Waals surface area (Å²) in [7, 11) is 0. The zero-order chi connectivity index (χ0) is 12.1. The highest BCUT2D eigenvalue weighted by Crippen LogP contribution is 2.11. The number of hydrogen-bond donors (Lipinski definition) is 0. The second-order valence-corrected chi connectivity index (χ2v) is 4.07. The SMILES string of the molecule is [OH+]=C(/C=C/c1ccc(Cl)cc1)c1ccccc1. The van der Waals surface area contributed by atoms with Gasteiger partial charge in [-0.1, -0.05) is 41.9 Å². The van der Waals surface area contributed by atoms with E-state index in [-0.39, 0.29) is 5.78 Å². The number of ketones is 1. The minimum absolute atomic E-state index is 0.251. The molecule has 2 heteroatoms. The molecule has 0 spiro atoms. The lowest BCUT2D eigenvalue weighted by molar-refractivity contribution is 0.682. The van der Waals surface area contributed by atoms with Gasteiger partial charge in [0.25, 0.3) is 0 Å². The van der Waals surface area contributed by atoms with Gasteiger partial charge in [0.2, 0.25) is 0 Å². The number of halogens is 1. The van der Waals surface area contributed by atoms with Crippen LogP contribution in [0.1, 0.15) is 11.1 Å². The van der Waals surface area contributed by atoms with Crippen molar-refractivity contribution in [1.29, 1.82) is 0 Å². The third-order valence-electron chi connectivity index (χ3n) is 2.37. The van der Waals surface area contributed by atoms with Gasteiger partial charge in [0, 0.05) is 11.1 Å². The molecular formula is C15H12ClO+. The maximum atomic E-state index is 9.84. The van der Waals surface area contributed by atoms with Crippen LogP contribution in [0.2, 0.25) is 5.02 Å². The van der Waals surface area contributed by atoms with Gasteiger partial charge in [0.15, 0.2) is 0 Å². The van der Waals surface area contributed by atoms with Gasteiger partial charge in [-0.25, -0.2) is 0 Å². The van der Waals surface area contributed by atoms with Crippen LogP contribution in [-0.2, 0) is 0 Å². The second-order valence-electron chi connectivity index (χ2n) is 3.64. The van der Waals surface area contributed by atoms with E-state index in [4.69, 9.17) is 11.6 Å². The molecule has 0 radical (unpaired) electrons. The number of allylic oxidation sites excluding steroid dienone is 1. The molecule has 1 N–H and O–H groups in total. The molecule has 2 aromatic rings. The first-order valence-corrected chi connectivity index (χ1v) is 5.68. The Morgan fingerprint density at radius 1 is 0.941 bits per heavy atom. The minimum atomic E-state index is 0.251. The summed E-state index contributed by atoms with van der Waals surface area (Å²) in [5.74, 6) is 0.251. The van der Waals surface area contributed by atoms with Gasteiger partial charge in [-0.15, -0.1) is 0 Å². The number of carbonyl (C=O) groups excluding carboxylic acids is 1. The van der Waals surface area contributed by atoms with E-state index in [1.165, 1.54) is 0 Å². The van der Waals surface area contributed by atoms with Gasteiger partial charge in [-0.3, -0.25) is 4.79 Å². The third-order valence-corrected chi connectivity index (χ3v) is 2.63. The summed E-state index contributed by atoms with van der Waals surface area (Å²) in [5, 5.41) is 0.707. The lowest BCUT2D eigenvalue weighted by Gasteiger charge is -1.92. The predicted octanol–water partition coefficient (Wildman–Crippen LogP) is 3.95. The van der Waals surface area contributed by atoms with E-state index in [9.17, 15) is 4.79 Å². The third kappa shape index (κ3) is 3.30. The van der Waals surface area contributed by atoms with Crippen molar-refractivity contribution in [3.63, 3.8) is 0 Å². The lowest BCUT2D eigenvalue weighted by atomic mass is 10.1. The maximum absolute atomic E-state index is 9.84. The summed E-state index contributed by atoms with van der Waals surface area (Å²) in [6.07, 6.45) is 3.53. The molecule has 0 aliphatic heterocycles. The van der Waals surface area contributed by atoms with Crippen molar-refractivity contribution in [2.45, 2.75) is 0 Å². The molecule has 0 saturated carbocycles. The zero-order valence-corrected chi connectivity index (χ0v) is 9.93. The molecule has 0 heterocycles. The molecule has 0 saturated heterocycles. The van der Waals surface area contributed by atoms with Crippen LogP contribution in [0.5, 0.6) is 0 Å². The Morgan fingerprint density at radius 3 is 2.24 bits per heavy atom. The van der Waals surface area contributed by atoms with Crippen LogP contribution in [0.25, 0.3) is 6.08 Å². The molecule has 0 unspecified atom stereocenters. The number of benzene rings is 2. The van der Waals surface area contributed by atoms with Crippen molar-refractivity contribution in [2.75, 3.05) is 0 Å². The molecule has 0 atom stereocenters.